The van der Waals surface area contributed by atoms with E-state index in [1.165, 1.54) is 40.2 Å². The van der Waals surface area contributed by atoms with Crippen LogP contribution in [-0.4, -0.2) is 26.5 Å². The van der Waals surface area contributed by atoms with E-state index < -0.39 is 5.95 Å². The Bertz CT molecular complexity index is 1020. The van der Waals surface area contributed by atoms with Crippen molar-refractivity contribution < 1.29 is 9.18 Å². The zero-order valence-electron chi connectivity index (χ0n) is 15.3. The maximum absolute atomic E-state index is 13.9. The molecule has 140 valence electrons. The number of benzene rings is 1. The molecule has 1 aromatic carbocycles. The second-order valence-corrected chi connectivity index (χ2v) is 6.74. The number of carbonyl (C=O) groups is 1. The quantitative estimate of drug-likeness (QED) is 0.556. The number of hydrogen-bond donors (Lipinski definition) is 1. The average molecular weight is 367 g/mol. The first-order chi connectivity index (χ1) is 13.2. The molecule has 0 aliphatic heterocycles. The maximum Gasteiger partial charge on any atom is 0.259 e. The number of halogens is 1. The number of rotatable bonds is 5. The van der Waals surface area contributed by atoms with Crippen LogP contribution in [0.4, 0.5) is 4.39 Å². The van der Waals surface area contributed by atoms with Crippen LogP contribution in [0.3, 0.4) is 0 Å². The number of aromatic nitrogens is 3. The van der Waals surface area contributed by atoms with Gasteiger partial charge in [-0.2, -0.15) is 14.6 Å². The van der Waals surface area contributed by atoms with Crippen LogP contribution in [0, 0.1) is 5.95 Å². The van der Waals surface area contributed by atoms with Crippen molar-refractivity contribution in [1.29, 1.82) is 0 Å². The van der Waals surface area contributed by atoms with Gasteiger partial charge in [0.1, 0.15) is 6.54 Å². The molecule has 0 bridgehead atoms. The largest absolute Gasteiger partial charge is 0.335 e. The predicted octanol–water partition coefficient (Wildman–Crippen LogP) is 3.03. The summed E-state index contributed by atoms with van der Waals surface area (Å²) in [6.45, 7) is 2.45. The first-order valence-electron chi connectivity index (χ1n) is 9.31. The van der Waals surface area contributed by atoms with Crippen LogP contribution in [0.5, 0.6) is 0 Å². The first kappa shape index (κ1) is 17.5. The SMILES string of the molecule is CCn1ncc(/C=N/NC(=O)Cn2c3c(c4ccccc42)CCCC3)c1F. The molecule has 6 nitrogen and oxygen atoms in total. The number of fused-ring (bicyclic) bond motifs is 3. The summed E-state index contributed by atoms with van der Waals surface area (Å²) in [6.07, 6.45) is 7.06. The third-order valence-electron chi connectivity index (χ3n) is 5.08. The minimum absolute atomic E-state index is 0.198. The Labute approximate surface area is 156 Å². The number of hydrazone groups is 1. The smallest absolute Gasteiger partial charge is 0.259 e. The van der Waals surface area contributed by atoms with Crippen LogP contribution < -0.4 is 5.43 Å². The molecule has 2 aromatic heterocycles. The summed E-state index contributed by atoms with van der Waals surface area (Å²) in [5, 5.41) is 9.03. The van der Waals surface area contributed by atoms with Gasteiger partial charge in [0.25, 0.3) is 5.91 Å². The van der Waals surface area contributed by atoms with E-state index in [1.807, 2.05) is 12.1 Å². The maximum atomic E-state index is 13.9. The van der Waals surface area contributed by atoms with E-state index in [1.54, 1.807) is 6.92 Å². The van der Waals surface area contributed by atoms with E-state index in [9.17, 15) is 9.18 Å². The second-order valence-electron chi connectivity index (χ2n) is 6.74. The minimum atomic E-state index is -0.457. The number of para-hydroxylation sites is 1. The molecule has 0 unspecified atom stereocenters. The van der Waals surface area contributed by atoms with Crippen LogP contribution in [0.1, 0.15) is 36.6 Å². The van der Waals surface area contributed by atoms with E-state index in [2.05, 4.69) is 32.3 Å². The number of amides is 1. The van der Waals surface area contributed by atoms with Gasteiger partial charge in [0.2, 0.25) is 5.95 Å². The summed E-state index contributed by atoms with van der Waals surface area (Å²) in [4.78, 5) is 12.4. The molecule has 0 fully saturated rings. The van der Waals surface area contributed by atoms with Gasteiger partial charge in [0, 0.05) is 23.1 Å². The van der Waals surface area contributed by atoms with E-state index in [0.29, 0.717) is 6.54 Å². The van der Waals surface area contributed by atoms with Crippen LogP contribution in [0.25, 0.3) is 10.9 Å². The van der Waals surface area contributed by atoms with Crippen LogP contribution in [-0.2, 0) is 30.7 Å². The van der Waals surface area contributed by atoms with Gasteiger partial charge in [-0.1, -0.05) is 18.2 Å². The Morgan fingerprint density at radius 3 is 2.96 bits per heavy atom. The monoisotopic (exact) mass is 367 g/mol. The summed E-state index contributed by atoms with van der Waals surface area (Å²) < 4.78 is 17.2. The fourth-order valence-electron chi connectivity index (χ4n) is 3.81. The first-order valence-corrected chi connectivity index (χ1v) is 9.31. The molecule has 0 saturated heterocycles. The molecule has 0 atom stereocenters. The van der Waals surface area contributed by atoms with E-state index in [-0.39, 0.29) is 18.0 Å². The lowest BCUT2D eigenvalue weighted by atomic mass is 9.96. The Kier molecular flexibility index (Phi) is 4.75. The van der Waals surface area contributed by atoms with Crippen molar-refractivity contribution in [3.63, 3.8) is 0 Å². The highest BCUT2D eigenvalue weighted by atomic mass is 19.1. The molecule has 1 N–H and O–H groups in total. The molecular weight excluding hydrogens is 345 g/mol. The Hall–Kier alpha value is -2.96. The number of aryl methyl sites for hydroxylation is 2. The van der Waals surface area contributed by atoms with Crippen molar-refractivity contribution in [1.82, 2.24) is 19.8 Å². The van der Waals surface area contributed by atoms with Crippen molar-refractivity contribution in [2.75, 3.05) is 0 Å². The molecule has 3 aromatic rings. The summed E-state index contributed by atoms with van der Waals surface area (Å²) in [5.41, 5.74) is 6.44. The second kappa shape index (κ2) is 7.34. The molecule has 7 heteroatoms. The summed E-state index contributed by atoms with van der Waals surface area (Å²) in [7, 11) is 0. The van der Waals surface area contributed by atoms with Gasteiger partial charge >= 0.3 is 0 Å². The van der Waals surface area contributed by atoms with Gasteiger partial charge in [0.05, 0.1) is 18.0 Å². The van der Waals surface area contributed by atoms with Crippen LogP contribution in [0.15, 0.2) is 35.6 Å². The Morgan fingerprint density at radius 2 is 2.15 bits per heavy atom. The van der Waals surface area contributed by atoms with Gasteiger partial charge in [-0.05, 0) is 44.2 Å². The van der Waals surface area contributed by atoms with E-state index >= 15 is 0 Å². The van der Waals surface area contributed by atoms with Gasteiger partial charge in [-0.25, -0.2) is 10.1 Å². The Morgan fingerprint density at radius 1 is 1.33 bits per heavy atom. The zero-order chi connectivity index (χ0) is 18.8. The van der Waals surface area contributed by atoms with Crippen LogP contribution in [0.2, 0.25) is 0 Å². The lowest BCUT2D eigenvalue weighted by molar-refractivity contribution is -0.121. The molecule has 4 rings (SSSR count). The van der Waals surface area contributed by atoms with Gasteiger partial charge in [0.15, 0.2) is 0 Å². The third-order valence-corrected chi connectivity index (χ3v) is 5.08. The summed E-state index contributed by atoms with van der Waals surface area (Å²) >= 11 is 0. The van der Waals surface area contributed by atoms with Crippen molar-refractivity contribution in [3.05, 3.63) is 53.2 Å². The number of nitrogens with one attached hydrogen (secondary N) is 1. The number of hydrogen-bond acceptors (Lipinski definition) is 3. The summed E-state index contributed by atoms with van der Waals surface area (Å²) in [6, 6.07) is 8.21. The van der Waals surface area contributed by atoms with E-state index in [0.717, 1.165) is 24.8 Å². The topological polar surface area (TPSA) is 64.2 Å². The molecule has 27 heavy (non-hydrogen) atoms. The molecule has 1 aliphatic rings. The number of nitrogens with zero attached hydrogens (tertiary/aromatic N) is 4. The highest BCUT2D eigenvalue weighted by Crippen LogP contribution is 2.31. The van der Waals surface area contributed by atoms with Gasteiger partial charge in [-0.3, -0.25) is 4.79 Å². The lowest BCUT2D eigenvalue weighted by Gasteiger charge is -2.15. The highest BCUT2D eigenvalue weighted by Gasteiger charge is 2.20. The van der Waals surface area contributed by atoms with Crippen molar-refractivity contribution in [2.45, 2.75) is 45.7 Å². The molecule has 0 spiro atoms. The average Bonchev–Trinajstić information content (AvgIpc) is 3.21. The molecule has 0 saturated carbocycles. The fraction of sp³-hybridized carbons (Fsp3) is 0.350. The van der Waals surface area contributed by atoms with Crippen LogP contribution >= 0.6 is 0 Å². The molecule has 1 aliphatic carbocycles. The van der Waals surface area contributed by atoms with Crippen molar-refractivity contribution in [3.8, 4) is 0 Å². The normalized spacial score (nSPS) is 14.0. The van der Waals surface area contributed by atoms with Crippen molar-refractivity contribution >= 4 is 23.0 Å². The van der Waals surface area contributed by atoms with Crippen molar-refractivity contribution in [2.24, 2.45) is 5.10 Å². The zero-order valence-corrected chi connectivity index (χ0v) is 15.3. The standard InChI is InChI=1S/C20H22FN5O/c1-2-26-20(21)14(12-23-26)11-22-24-19(27)13-25-17-9-5-3-7-15(17)16-8-4-6-10-18(16)25/h3,5,7,9,11-12H,2,4,6,8,10,13H2,1H3,(H,24,27)/b22-11+. The minimum Gasteiger partial charge on any atom is -0.335 e. The molecule has 2 heterocycles. The molecular formula is C20H22FN5O. The number of carbonyl (C=O) groups excluding carboxylic acids is 1. The third kappa shape index (κ3) is 3.25. The van der Waals surface area contributed by atoms with Gasteiger partial charge in [-0.15, -0.1) is 0 Å². The predicted molar refractivity (Wildman–Crippen MR) is 102 cm³/mol. The van der Waals surface area contributed by atoms with E-state index in [4.69, 9.17) is 0 Å². The fourth-order valence-corrected chi connectivity index (χ4v) is 3.81. The molecule has 1 amide bonds. The summed E-state index contributed by atoms with van der Waals surface area (Å²) in [5.74, 6) is -0.690. The lowest BCUT2D eigenvalue weighted by Crippen LogP contribution is -2.24. The highest BCUT2D eigenvalue weighted by molar-refractivity contribution is 5.88. The van der Waals surface area contributed by atoms with Gasteiger partial charge < -0.3 is 4.57 Å². The molecule has 0 radical (unpaired) electrons. The Balaban J connectivity index is 1.51.